The molecule has 0 radical (unpaired) electrons. The third kappa shape index (κ3) is 17.0. The molecule has 0 saturated carbocycles. The number of amidine groups is 1. The fraction of sp³-hybridized carbons (Fsp3) is 0.446. The highest BCUT2D eigenvalue weighted by molar-refractivity contribution is 6.13. The minimum absolute atomic E-state index is 0.0660. The van der Waals surface area contributed by atoms with Gasteiger partial charge in [0.15, 0.2) is 0 Å². The number of rotatable bonds is 26. The Balaban J connectivity index is 0.993. The van der Waals surface area contributed by atoms with E-state index in [0.717, 1.165) is 29.0 Å². The van der Waals surface area contributed by atoms with Crippen molar-refractivity contribution in [2.75, 3.05) is 43.4 Å². The number of pyridine rings is 1. The third-order valence-corrected chi connectivity index (χ3v) is 13.2. The Kier molecular flexibility index (Phi) is 21.6. The number of carbonyl (C=O) groups excluding carboxylic acids is 9. The van der Waals surface area contributed by atoms with Crippen molar-refractivity contribution >= 4 is 82.4 Å². The number of imide groups is 1. The zero-order valence-corrected chi connectivity index (χ0v) is 44.9. The van der Waals surface area contributed by atoms with Crippen LogP contribution in [-0.2, 0) is 53.1 Å². The van der Waals surface area contributed by atoms with Gasteiger partial charge in [0, 0.05) is 92.2 Å². The second-order valence-electron chi connectivity index (χ2n) is 19.8. The normalized spacial score (nSPS) is 14.5. The number of primary amides is 1. The summed E-state index contributed by atoms with van der Waals surface area (Å²) < 4.78 is 5.69. The van der Waals surface area contributed by atoms with Gasteiger partial charge in [-0.15, -0.1) is 0 Å². The smallest absolute Gasteiger partial charge is 0.410 e. The minimum Gasteiger partial charge on any atom is -0.445 e. The number of nitrogens with two attached hydrogens (primary N) is 2. The first-order chi connectivity index (χ1) is 37.4. The summed E-state index contributed by atoms with van der Waals surface area (Å²) in [5, 5.41) is 13.8. The Bertz CT molecular complexity index is 2790. The Morgan fingerprint density at radius 2 is 1.56 bits per heavy atom. The van der Waals surface area contributed by atoms with E-state index < -0.39 is 41.9 Å². The van der Waals surface area contributed by atoms with Gasteiger partial charge in [0.1, 0.15) is 24.5 Å². The molecule has 22 nitrogen and oxygen atoms in total. The largest absolute Gasteiger partial charge is 0.445 e. The fourth-order valence-electron chi connectivity index (χ4n) is 9.11. The number of nitrogens with one attached hydrogen (secondary N) is 5. The summed E-state index contributed by atoms with van der Waals surface area (Å²) in [4.78, 5) is 129. The van der Waals surface area contributed by atoms with E-state index in [-0.39, 0.29) is 80.9 Å². The van der Waals surface area contributed by atoms with Gasteiger partial charge in [-0.3, -0.25) is 43.4 Å². The van der Waals surface area contributed by atoms with Crippen molar-refractivity contribution in [3.05, 3.63) is 100 Å². The van der Waals surface area contributed by atoms with Gasteiger partial charge in [-0.05, 0) is 98.4 Å². The van der Waals surface area contributed by atoms with E-state index in [0.29, 0.717) is 97.5 Å². The van der Waals surface area contributed by atoms with Crippen LogP contribution in [0.4, 0.5) is 26.7 Å². The number of nitrogens with zero attached hydrogens (tertiary/aromatic N) is 5. The minimum atomic E-state index is -1.01. The number of unbranched alkanes of at least 4 members (excludes halogenated alkanes) is 3. The molecule has 0 bridgehead atoms. The first-order valence-electron chi connectivity index (χ1n) is 26.7. The molecule has 0 unspecified atom stereocenters. The van der Waals surface area contributed by atoms with Crippen LogP contribution in [0.5, 0.6) is 0 Å². The number of fused-ring (bicyclic) bond motifs is 2. The lowest BCUT2D eigenvalue weighted by atomic mass is 10.0. The maximum absolute atomic E-state index is 13.7. The van der Waals surface area contributed by atoms with Crippen LogP contribution < -0.4 is 38.1 Å². The first kappa shape index (κ1) is 58.8. The molecule has 3 aliphatic rings. The number of benzene rings is 2. The molecule has 22 heteroatoms. The summed E-state index contributed by atoms with van der Waals surface area (Å²) in [6.07, 6.45) is 10.4. The van der Waals surface area contributed by atoms with Crippen molar-refractivity contribution in [2.24, 2.45) is 22.4 Å². The summed E-state index contributed by atoms with van der Waals surface area (Å²) in [6, 6.07) is 10.9. The quantitative estimate of drug-likeness (QED) is 0.0396. The van der Waals surface area contributed by atoms with Crippen LogP contribution in [0.3, 0.4) is 0 Å². The van der Waals surface area contributed by atoms with Gasteiger partial charge in [-0.25, -0.2) is 14.6 Å². The van der Waals surface area contributed by atoms with Crippen molar-refractivity contribution in [3.8, 4) is 0 Å². The zero-order valence-electron chi connectivity index (χ0n) is 44.9. The molecule has 4 heterocycles. The number of aromatic nitrogens is 1. The number of hydrogen-bond acceptors (Lipinski definition) is 13. The molecule has 10 amide bonds. The van der Waals surface area contributed by atoms with Crippen LogP contribution in [0.25, 0.3) is 6.08 Å². The Labute approximate surface area is 454 Å². The predicted octanol–water partition coefficient (Wildman–Crippen LogP) is 5.34. The van der Waals surface area contributed by atoms with Crippen molar-refractivity contribution < 1.29 is 47.9 Å². The maximum Gasteiger partial charge on any atom is 0.410 e. The number of carbonyl (C=O) groups is 9. The highest BCUT2D eigenvalue weighted by Gasteiger charge is 2.30. The van der Waals surface area contributed by atoms with Crippen LogP contribution in [-0.4, -0.2) is 124 Å². The van der Waals surface area contributed by atoms with Gasteiger partial charge in [0.25, 0.3) is 17.7 Å². The highest BCUT2D eigenvalue weighted by Crippen LogP contribution is 2.30. The Hall–Kier alpha value is -8.43. The van der Waals surface area contributed by atoms with Crippen molar-refractivity contribution in [1.82, 2.24) is 35.6 Å². The Morgan fingerprint density at radius 3 is 2.26 bits per heavy atom. The number of anilines is 2. The van der Waals surface area contributed by atoms with Crippen LogP contribution >= 0.6 is 0 Å². The predicted molar refractivity (Wildman–Crippen MR) is 294 cm³/mol. The number of amides is 10. The van der Waals surface area contributed by atoms with E-state index in [1.807, 2.05) is 18.7 Å². The maximum atomic E-state index is 13.7. The van der Waals surface area contributed by atoms with Gasteiger partial charge < -0.3 is 52.6 Å². The molecule has 416 valence electrons. The molecule has 2 atom stereocenters. The SMILES string of the molecule is CCCN(CCC)C(=O)C1=Cc2ccc(C(=O)Nc3cnc4c(c3)CN(C(=O)OCc3ccc(NC(=O)[C@H](CCCCNC(N)=O)NC(=O)[C@@H](NC(=O)CCCCCN5C(=O)C=CC5=O)C(C)C)cc3)CC4)cc2N=C(N)C1. The summed E-state index contributed by atoms with van der Waals surface area (Å²) in [6.45, 7) is 9.90. The molecule has 3 aliphatic heterocycles. The zero-order chi connectivity index (χ0) is 56.3. The lowest BCUT2D eigenvalue weighted by Gasteiger charge is -2.28. The lowest BCUT2D eigenvalue weighted by Crippen LogP contribution is -2.54. The molecule has 1 aromatic heterocycles. The molecule has 3 aromatic rings. The first-order valence-corrected chi connectivity index (χ1v) is 26.7. The average Bonchev–Trinajstić information content (AvgIpc) is 3.65. The van der Waals surface area contributed by atoms with E-state index in [1.165, 1.54) is 12.2 Å². The molecule has 9 N–H and O–H groups in total. The number of aliphatic imine (C=N–C) groups is 1. The van der Waals surface area contributed by atoms with Crippen molar-refractivity contribution in [2.45, 2.75) is 124 Å². The van der Waals surface area contributed by atoms with Crippen molar-refractivity contribution in [1.29, 1.82) is 0 Å². The second-order valence-corrected chi connectivity index (χ2v) is 19.8. The molecule has 0 fully saturated rings. The van der Waals surface area contributed by atoms with Crippen LogP contribution in [0.15, 0.2) is 77.4 Å². The molecule has 6 rings (SSSR count). The molecule has 78 heavy (non-hydrogen) atoms. The molecule has 2 aromatic carbocycles. The van der Waals surface area contributed by atoms with Gasteiger partial charge in [0.05, 0.1) is 24.1 Å². The molecular formula is C56H72N12O10. The Morgan fingerprint density at radius 1 is 0.833 bits per heavy atom. The lowest BCUT2D eigenvalue weighted by molar-refractivity contribution is -0.137. The number of hydrogen-bond donors (Lipinski definition) is 7. The van der Waals surface area contributed by atoms with Gasteiger partial charge in [-0.1, -0.05) is 52.3 Å². The molecule has 0 saturated heterocycles. The fourth-order valence-corrected chi connectivity index (χ4v) is 9.11. The summed E-state index contributed by atoms with van der Waals surface area (Å²) in [5.74, 6) is -2.67. The summed E-state index contributed by atoms with van der Waals surface area (Å²) >= 11 is 0. The molecule has 0 spiro atoms. The number of urea groups is 1. The van der Waals surface area contributed by atoms with E-state index in [1.54, 1.807) is 79.6 Å². The van der Waals surface area contributed by atoms with E-state index in [2.05, 4.69) is 36.6 Å². The van der Waals surface area contributed by atoms with E-state index in [9.17, 15) is 43.2 Å². The van der Waals surface area contributed by atoms with E-state index in [4.69, 9.17) is 16.2 Å². The molecular weight excluding hydrogens is 1000 g/mol. The van der Waals surface area contributed by atoms with Crippen LogP contribution in [0.1, 0.15) is 125 Å². The summed E-state index contributed by atoms with van der Waals surface area (Å²) in [5.41, 5.74) is 16.5. The number of ether oxygens (including phenoxy) is 1. The monoisotopic (exact) mass is 1070 g/mol. The molecule has 0 aliphatic carbocycles. The van der Waals surface area contributed by atoms with Gasteiger partial charge in [-0.2, -0.15) is 0 Å². The highest BCUT2D eigenvalue weighted by atomic mass is 16.6. The topological polar surface area (TPSA) is 310 Å². The third-order valence-electron chi connectivity index (χ3n) is 13.2. The second kappa shape index (κ2) is 28.6. The average molecular weight is 1070 g/mol. The summed E-state index contributed by atoms with van der Waals surface area (Å²) in [7, 11) is 0. The van der Waals surface area contributed by atoms with Crippen LogP contribution in [0, 0.1) is 5.92 Å². The van der Waals surface area contributed by atoms with E-state index >= 15 is 0 Å². The van der Waals surface area contributed by atoms with Crippen molar-refractivity contribution in [3.63, 3.8) is 0 Å². The van der Waals surface area contributed by atoms with Gasteiger partial charge in [0.2, 0.25) is 23.6 Å². The van der Waals surface area contributed by atoms with Crippen LogP contribution in [0.2, 0.25) is 0 Å². The standard InChI is InChI=1S/C56H72N12O10/c1-5-24-66(25-6-2)54(75)39-28-37-16-17-38(30-45(37)63-46(57)31-39)51(72)62-42-29-40-33-67(27-22-43(40)60-32-42)56(77)78-34-36-14-18-41(19-15-36)61-52(73)44(12-9-10-23-59-55(58)76)64-53(74)50(35(3)4)65-47(69)13-8-7-11-26-68-48(70)20-21-49(68)71/h14-21,28-30,32,35,44,50H,5-13,22-27,31,33-34H2,1-4H3,(H2,57,63)(H,61,73)(H,62,72)(H,64,74)(H,65,69)(H3,58,59,76)/t44-,50-/m0/s1. The van der Waals surface area contributed by atoms with Gasteiger partial charge >= 0.3 is 12.1 Å².